The first-order chi connectivity index (χ1) is 9.65. The minimum absolute atomic E-state index is 0.0457. The van der Waals surface area contributed by atoms with Crippen molar-refractivity contribution in [1.82, 2.24) is 0 Å². The van der Waals surface area contributed by atoms with Gasteiger partial charge >= 0.3 is 0 Å². The fourth-order valence-corrected chi connectivity index (χ4v) is 2.22. The van der Waals surface area contributed by atoms with E-state index in [4.69, 9.17) is 4.42 Å². The van der Waals surface area contributed by atoms with Crippen molar-refractivity contribution < 1.29 is 13.6 Å². The maximum absolute atomic E-state index is 13.0. The lowest BCUT2D eigenvalue weighted by atomic mass is 10.1. The van der Waals surface area contributed by atoms with Gasteiger partial charge in [-0.25, -0.2) is 4.39 Å². The third-order valence-corrected chi connectivity index (χ3v) is 3.19. The molecule has 20 heavy (non-hydrogen) atoms. The summed E-state index contributed by atoms with van der Waals surface area (Å²) in [5, 5.41) is 0. The molecule has 2 rings (SSSR count). The SMILES string of the molecule is CCCC(=O)c1oc(-c2ccc(F)cc2)cc1CCC. The van der Waals surface area contributed by atoms with Gasteiger partial charge in [-0.3, -0.25) is 4.79 Å². The summed E-state index contributed by atoms with van der Waals surface area (Å²) in [4.78, 5) is 12.1. The molecule has 0 saturated heterocycles. The standard InChI is InChI=1S/C17H19FO2/c1-3-5-13-11-16(12-7-9-14(18)10-8-12)20-17(13)15(19)6-4-2/h7-11H,3-6H2,1-2H3. The van der Waals surface area contributed by atoms with Crippen LogP contribution in [-0.4, -0.2) is 5.78 Å². The van der Waals surface area contributed by atoms with E-state index in [0.29, 0.717) is 17.9 Å². The first-order valence-electron chi connectivity index (χ1n) is 7.07. The molecule has 3 heteroatoms. The number of ketones is 1. The largest absolute Gasteiger partial charge is 0.453 e. The molecule has 0 N–H and O–H groups in total. The van der Waals surface area contributed by atoms with E-state index in [1.165, 1.54) is 12.1 Å². The van der Waals surface area contributed by atoms with Crippen LogP contribution in [0.1, 0.15) is 49.2 Å². The highest BCUT2D eigenvalue weighted by atomic mass is 19.1. The lowest BCUT2D eigenvalue weighted by Gasteiger charge is -1.99. The van der Waals surface area contributed by atoms with Crippen molar-refractivity contribution in [3.8, 4) is 11.3 Å². The van der Waals surface area contributed by atoms with Gasteiger partial charge in [-0.2, -0.15) is 0 Å². The topological polar surface area (TPSA) is 30.2 Å². The Morgan fingerprint density at radius 1 is 1.15 bits per heavy atom. The van der Waals surface area contributed by atoms with E-state index in [1.54, 1.807) is 12.1 Å². The molecule has 0 fully saturated rings. The first-order valence-corrected chi connectivity index (χ1v) is 7.07. The average molecular weight is 274 g/mol. The highest BCUT2D eigenvalue weighted by molar-refractivity contribution is 5.95. The van der Waals surface area contributed by atoms with Gasteiger partial charge in [0.25, 0.3) is 0 Å². The van der Waals surface area contributed by atoms with Gasteiger partial charge in [0.2, 0.25) is 0 Å². The predicted octanol–water partition coefficient (Wildman–Crippen LogP) is 5.02. The van der Waals surface area contributed by atoms with Crippen molar-refractivity contribution in [2.45, 2.75) is 39.5 Å². The van der Waals surface area contributed by atoms with Crippen molar-refractivity contribution in [3.63, 3.8) is 0 Å². The maximum atomic E-state index is 13.0. The Bertz CT molecular complexity index is 582. The molecular weight excluding hydrogens is 255 g/mol. The zero-order valence-corrected chi connectivity index (χ0v) is 11.9. The molecule has 1 heterocycles. The summed E-state index contributed by atoms with van der Waals surface area (Å²) in [6, 6.07) is 8.02. The summed E-state index contributed by atoms with van der Waals surface area (Å²) in [7, 11) is 0. The molecule has 2 nitrogen and oxygen atoms in total. The maximum Gasteiger partial charge on any atom is 0.198 e. The number of rotatable bonds is 6. The van der Waals surface area contributed by atoms with Crippen LogP contribution in [0.25, 0.3) is 11.3 Å². The fraction of sp³-hybridized carbons (Fsp3) is 0.353. The number of furan rings is 1. The van der Waals surface area contributed by atoms with Gasteiger partial charge in [-0.15, -0.1) is 0 Å². The number of aryl methyl sites for hydroxylation is 1. The summed E-state index contributed by atoms with van der Waals surface area (Å²) >= 11 is 0. The molecule has 0 radical (unpaired) electrons. The number of hydrogen-bond donors (Lipinski definition) is 0. The van der Waals surface area contributed by atoms with Crippen LogP contribution in [0.2, 0.25) is 0 Å². The summed E-state index contributed by atoms with van der Waals surface area (Å²) in [5.41, 5.74) is 1.74. The van der Waals surface area contributed by atoms with Gasteiger partial charge in [0.15, 0.2) is 11.5 Å². The van der Waals surface area contributed by atoms with Crippen molar-refractivity contribution in [1.29, 1.82) is 0 Å². The van der Waals surface area contributed by atoms with Crippen molar-refractivity contribution >= 4 is 5.78 Å². The van der Waals surface area contributed by atoms with Crippen molar-refractivity contribution in [2.75, 3.05) is 0 Å². The molecule has 0 unspecified atom stereocenters. The zero-order valence-electron chi connectivity index (χ0n) is 11.9. The smallest absolute Gasteiger partial charge is 0.198 e. The lowest BCUT2D eigenvalue weighted by molar-refractivity contribution is 0.0954. The molecule has 1 aromatic carbocycles. The first kappa shape index (κ1) is 14.5. The molecule has 1 aromatic heterocycles. The van der Waals surface area contributed by atoms with E-state index < -0.39 is 0 Å². The van der Waals surface area contributed by atoms with Gasteiger partial charge in [0.05, 0.1) is 0 Å². The second-order valence-corrected chi connectivity index (χ2v) is 4.90. The highest BCUT2D eigenvalue weighted by Gasteiger charge is 2.17. The van der Waals surface area contributed by atoms with Crippen LogP contribution < -0.4 is 0 Å². The number of carbonyl (C=O) groups is 1. The van der Waals surface area contributed by atoms with E-state index >= 15 is 0 Å². The van der Waals surface area contributed by atoms with Gasteiger partial charge < -0.3 is 4.42 Å². The number of halogens is 1. The lowest BCUT2D eigenvalue weighted by Crippen LogP contribution is -2.00. The van der Waals surface area contributed by atoms with Crippen molar-refractivity contribution in [2.24, 2.45) is 0 Å². The van der Waals surface area contributed by atoms with E-state index in [2.05, 4.69) is 6.92 Å². The minimum Gasteiger partial charge on any atom is -0.453 e. The third-order valence-electron chi connectivity index (χ3n) is 3.19. The Kier molecular flexibility index (Phi) is 4.72. The average Bonchev–Trinajstić information content (AvgIpc) is 2.84. The Balaban J connectivity index is 2.37. The molecule has 0 bridgehead atoms. The molecule has 2 aromatic rings. The van der Waals surface area contributed by atoms with Gasteiger partial charge in [-0.05, 0) is 43.2 Å². The Hall–Kier alpha value is -1.90. The van der Waals surface area contributed by atoms with Crippen LogP contribution in [0.4, 0.5) is 4.39 Å². The second-order valence-electron chi connectivity index (χ2n) is 4.90. The van der Waals surface area contributed by atoms with E-state index in [9.17, 15) is 9.18 Å². The molecule has 0 aliphatic rings. The Morgan fingerprint density at radius 3 is 2.45 bits per heavy atom. The molecule has 0 saturated carbocycles. The zero-order chi connectivity index (χ0) is 14.5. The second kappa shape index (κ2) is 6.51. The van der Waals surface area contributed by atoms with Gasteiger partial charge in [-0.1, -0.05) is 20.3 Å². The quantitative estimate of drug-likeness (QED) is 0.692. The molecular formula is C17H19FO2. The Morgan fingerprint density at radius 2 is 1.85 bits per heavy atom. The predicted molar refractivity (Wildman–Crippen MR) is 77.3 cm³/mol. The molecule has 0 spiro atoms. The van der Waals surface area contributed by atoms with E-state index in [0.717, 1.165) is 30.4 Å². The van der Waals surface area contributed by atoms with Crippen LogP contribution in [0, 0.1) is 5.82 Å². The highest BCUT2D eigenvalue weighted by Crippen LogP contribution is 2.28. The van der Waals surface area contributed by atoms with Crippen LogP contribution >= 0.6 is 0 Å². The van der Waals surface area contributed by atoms with E-state index in [1.807, 2.05) is 13.0 Å². The summed E-state index contributed by atoms with van der Waals surface area (Å²) < 4.78 is 18.7. The molecule has 0 aliphatic carbocycles. The Labute approximate surface area is 118 Å². The van der Waals surface area contributed by atoms with Crippen LogP contribution in [-0.2, 0) is 6.42 Å². The molecule has 0 aliphatic heterocycles. The molecule has 106 valence electrons. The normalized spacial score (nSPS) is 10.8. The van der Waals surface area contributed by atoms with E-state index in [-0.39, 0.29) is 11.6 Å². The molecule has 0 amide bonds. The van der Waals surface area contributed by atoms with Crippen molar-refractivity contribution in [3.05, 3.63) is 47.5 Å². The summed E-state index contributed by atoms with van der Waals surface area (Å²) in [6.45, 7) is 4.04. The third kappa shape index (κ3) is 3.16. The van der Waals surface area contributed by atoms with Crippen LogP contribution in [0.5, 0.6) is 0 Å². The molecule has 0 atom stereocenters. The minimum atomic E-state index is -0.281. The fourth-order valence-electron chi connectivity index (χ4n) is 2.22. The van der Waals surface area contributed by atoms with Crippen LogP contribution in [0.15, 0.2) is 34.7 Å². The number of carbonyl (C=O) groups excluding carboxylic acids is 1. The van der Waals surface area contributed by atoms with Gasteiger partial charge in [0, 0.05) is 17.5 Å². The van der Waals surface area contributed by atoms with Gasteiger partial charge in [0.1, 0.15) is 11.6 Å². The number of Topliss-reactive ketones (excluding diaryl/α,β-unsaturated/α-hetero) is 1. The number of hydrogen-bond acceptors (Lipinski definition) is 2. The monoisotopic (exact) mass is 274 g/mol. The number of benzene rings is 1. The van der Waals surface area contributed by atoms with Crippen LogP contribution in [0.3, 0.4) is 0 Å². The summed E-state index contributed by atoms with van der Waals surface area (Å²) in [6.07, 6.45) is 3.06. The summed E-state index contributed by atoms with van der Waals surface area (Å²) in [5.74, 6) is 0.863.